The molecule has 5 nitrogen and oxygen atoms in total. The summed E-state index contributed by atoms with van der Waals surface area (Å²) in [6, 6.07) is 11.0. The minimum Gasteiger partial charge on any atom is -0.373 e. The third-order valence-corrected chi connectivity index (χ3v) is 5.52. The van der Waals surface area contributed by atoms with Crippen molar-refractivity contribution >= 4 is 11.6 Å². The average Bonchev–Trinajstić information content (AvgIpc) is 3.05. The van der Waals surface area contributed by atoms with Crippen LogP contribution >= 0.6 is 0 Å². The largest absolute Gasteiger partial charge is 0.373 e. The van der Waals surface area contributed by atoms with Gasteiger partial charge in [-0.05, 0) is 45.2 Å². The summed E-state index contributed by atoms with van der Waals surface area (Å²) in [7, 11) is 0. The van der Waals surface area contributed by atoms with Gasteiger partial charge in [0, 0.05) is 31.9 Å². The van der Waals surface area contributed by atoms with Crippen LogP contribution in [0.3, 0.4) is 0 Å². The van der Waals surface area contributed by atoms with E-state index in [9.17, 15) is 4.79 Å². The van der Waals surface area contributed by atoms with Crippen molar-refractivity contribution in [2.24, 2.45) is 0 Å². The number of carbonyl (C=O) groups is 1. The van der Waals surface area contributed by atoms with E-state index in [-0.39, 0.29) is 18.1 Å². The maximum atomic E-state index is 12.1. The minimum absolute atomic E-state index is 0.0603. The van der Waals surface area contributed by atoms with E-state index in [0.29, 0.717) is 12.6 Å². The molecule has 138 valence electrons. The highest BCUT2D eigenvalue weighted by Gasteiger charge is 2.44. The van der Waals surface area contributed by atoms with E-state index in [2.05, 4.69) is 42.2 Å². The predicted molar refractivity (Wildman–Crippen MR) is 98.9 cm³/mol. The first-order chi connectivity index (χ1) is 12.2. The van der Waals surface area contributed by atoms with Gasteiger partial charge in [0.1, 0.15) is 6.61 Å². The van der Waals surface area contributed by atoms with E-state index in [0.717, 1.165) is 45.5 Å². The van der Waals surface area contributed by atoms with Crippen molar-refractivity contribution in [3.8, 4) is 0 Å². The molecule has 0 unspecified atom stereocenters. The molecule has 25 heavy (non-hydrogen) atoms. The van der Waals surface area contributed by atoms with Gasteiger partial charge in [0.2, 0.25) is 5.91 Å². The number of amides is 1. The topological polar surface area (TPSA) is 42.0 Å². The SMILES string of the molecule is CCOCC(=O)N1CCC2(CC1)C[C@H](N(CC)c1ccccc1)CO2. The number of likely N-dealkylation sites (tertiary alicyclic amines) is 1. The van der Waals surface area contributed by atoms with Gasteiger partial charge >= 0.3 is 0 Å². The van der Waals surface area contributed by atoms with E-state index in [1.54, 1.807) is 0 Å². The fraction of sp³-hybridized carbons (Fsp3) is 0.650. The van der Waals surface area contributed by atoms with Gasteiger partial charge in [0.15, 0.2) is 0 Å². The summed E-state index contributed by atoms with van der Waals surface area (Å²) in [5, 5.41) is 0. The van der Waals surface area contributed by atoms with Crippen LogP contribution in [-0.4, -0.2) is 61.9 Å². The molecule has 0 aromatic heterocycles. The van der Waals surface area contributed by atoms with Crippen LogP contribution in [0.15, 0.2) is 30.3 Å². The molecular weight excluding hydrogens is 316 g/mol. The van der Waals surface area contributed by atoms with Crippen molar-refractivity contribution in [3.05, 3.63) is 30.3 Å². The lowest BCUT2D eigenvalue weighted by Crippen LogP contribution is -2.48. The zero-order valence-electron chi connectivity index (χ0n) is 15.4. The molecule has 2 fully saturated rings. The van der Waals surface area contributed by atoms with Gasteiger partial charge in [-0.1, -0.05) is 18.2 Å². The van der Waals surface area contributed by atoms with Crippen LogP contribution in [0.2, 0.25) is 0 Å². The molecule has 2 aliphatic rings. The average molecular weight is 346 g/mol. The monoisotopic (exact) mass is 346 g/mol. The zero-order chi connectivity index (χ0) is 17.7. The normalized spacial score (nSPS) is 22.3. The van der Waals surface area contributed by atoms with Gasteiger partial charge in [0.25, 0.3) is 0 Å². The number of carbonyl (C=O) groups excluding carboxylic acids is 1. The van der Waals surface area contributed by atoms with Crippen LogP contribution in [0.25, 0.3) is 0 Å². The summed E-state index contributed by atoms with van der Waals surface area (Å²) in [5.74, 6) is 0.103. The van der Waals surface area contributed by atoms with Crippen molar-refractivity contribution in [3.63, 3.8) is 0 Å². The Morgan fingerprint density at radius 2 is 2.00 bits per heavy atom. The number of nitrogens with zero attached hydrogens (tertiary/aromatic N) is 2. The molecule has 3 rings (SSSR count). The third kappa shape index (κ3) is 4.15. The molecule has 0 N–H and O–H groups in total. The Morgan fingerprint density at radius 1 is 1.28 bits per heavy atom. The minimum atomic E-state index is -0.0603. The molecule has 1 aromatic rings. The second-order valence-corrected chi connectivity index (χ2v) is 6.99. The van der Waals surface area contributed by atoms with Crippen LogP contribution < -0.4 is 4.90 Å². The summed E-state index contributed by atoms with van der Waals surface area (Å²) in [5.41, 5.74) is 1.20. The number of piperidine rings is 1. The van der Waals surface area contributed by atoms with Crippen molar-refractivity contribution in [2.45, 2.75) is 44.8 Å². The second-order valence-electron chi connectivity index (χ2n) is 6.99. The number of rotatable bonds is 6. The molecule has 0 aliphatic carbocycles. The zero-order valence-corrected chi connectivity index (χ0v) is 15.4. The quantitative estimate of drug-likeness (QED) is 0.794. The molecule has 1 amide bonds. The van der Waals surface area contributed by atoms with Crippen molar-refractivity contribution in [2.75, 3.05) is 44.4 Å². The predicted octanol–water partition coefficient (Wildman–Crippen LogP) is 2.70. The molecule has 2 aliphatic heterocycles. The van der Waals surface area contributed by atoms with Gasteiger partial charge < -0.3 is 19.3 Å². The highest BCUT2D eigenvalue weighted by atomic mass is 16.5. The fourth-order valence-electron chi connectivity index (χ4n) is 4.08. The van der Waals surface area contributed by atoms with E-state index in [1.807, 2.05) is 11.8 Å². The lowest BCUT2D eigenvalue weighted by molar-refractivity contribution is -0.140. The van der Waals surface area contributed by atoms with Gasteiger partial charge in [-0.3, -0.25) is 4.79 Å². The molecule has 1 spiro atoms. The van der Waals surface area contributed by atoms with E-state index >= 15 is 0 Å². The molecule has 5 heteroatoms. The summed E-state index contributed by atoms with van der Waals surface area (Å²) in [6.45, 7) is 8.20. The number of ether oxygens (including phenoxy) is 2. The van der Waals surface area contributed by atoms with Crippen molar-refractivity contribution in [1.82, 2.24) is 4.90 Å². The van der Waals surface area contributed by atoms with Gasteiger partial charge in [-0.25, -0.2) is 0 Å². The number of hydrogen-bond donors (Lipinski definition) is 0. The molecule has 1 aromatic carbocycles. The van der Waals surface area contributed by atoms with Crippen LogP contribution in [0, 0.1) is 0 Å². The Balaban J connectivity index is 1.57. The maximum Gasteiger partial charge on any atom is 0.248 e. The molecule has 0 bridgehead atoms. The molecule has 2 heterocycles. The smallest absolute Gasteiger partial charge is 0.248 e. The fourth-order valence-corrected chi connectivity index (χ4v) is 4.08. The third-order valence-electron chi connectivity index (χ3n) is 5.52. The van der Waals surface area contributed by atoms with Gasteiger partial charge in [-0.15, -0.1) is 0 Å². The van der Waals surface area contributed by atoms with Crippen LogP contribution in [0.4, 0.5) is 5.69 Å². The maximum absolute atomic E-state index is 12.1. The summed E-state index contributed by atoms with van der Waals surface area (Å²) < 4.78 is 11.5. The first-order valence-electron chi connectivity index (χ1n) is 9.48. The molecule has 0 radical (unpaired) electrons. The Hall–Kier alpha value is -1.59. The lowest BCUT2D eigenvalue weighted by Gasteiger charge is -2.39. The number of benzene rings is 1. The molecular formula is C20H30N2O3. The van der Waals surface area contributed by atoms with E-state index in [1.165, 1.54) is 5.69 Å². The van der Waals surface area contributed by atoms with Crippen LogP contribution in [-0.2, 0) is 14.3 Å². The number of likely N-dealkylation sites (N-methyl/N-ethyl adjacent to an activating group) is 1. The summed E-state index contributed by atoms with van der Waals surface area (Å²) in [4.78, 5) is 16.5. The van der Waals surface area contributed by atoms with Gasteiger partial charge in [0.05, 0.1) is 18.2 Å². The number of anilines is 1. The van der Waals surface area contributed by atoms with Crippen molar-refractivity contribution < 1.29 is 14.3 Å². The molecule has 2 saturated heterocycles. The Labute approximate surface area is 150 Å². The molecule has 0 saturated carbocycles. The van der Waals surface area contributed by atoms with Crippen LogP contribution in [0.5, 0.6) is 0 Å². The highest BCUT2D eigenvalue weighted by Crippen LogP contribution is 2.38. The number of hydrogen-bond acceptors (Lipinski definition) is 4. The van der Waals surface area contributed by atoms with Crippen LogP contribution in [0.1, 0.15) is 33.1 Å². The summed E-state index contributed by atoms with van der Waals surface area (Å²) in [6.07, 6.45) is 2.89. The number of para-hydroxylation sites is 1. The second kappa shape index (κ2) is 8.19. The van der Waals surface area contributed by atoms with E-state index in [4.69, 9.17) is 9.47 Å². The van der Waals surface area contributed by atoms with Gasteiger partial charge in [-0.2, -0.15) is 0 Å². The first-order valence-corrected chi connectivity index (χ1v) is 9.48. The first kappa shape index (κ1) is 18.2. The van der Waals surface area contributed by atoms with Crippen molar-refractivity contribution in [1.29, 1.82) is 0 Å². The Morgan fingerprint density at radius 3 is 2.64 bits per heavy atom. The Bertz CT molecular complexity index is 555. The summed E-state index contributed by atoms with van der Waals surface area (Å²) >= 11 is 0. The standard InChI is InChI=1S/C20H30N2O3/c1-3-22(17-8-6-5-7-9-17)18-14-20(25-15-18)10-12-21(13-11-20)19(23)16-24-4-2/h5-9,18H,3-4,10-16H2,1-2H3/t18-/m0/s1. The molecule has 1 atom stereocenters. The van der Waals surface area contributed by atoms with E-state index < -0.39 is 0 Å². The Kier molecular flexibility index (Phi) is 5.97. The lowest BCUT2D eigenvalue weighted by atomic mass is 9.87. The highest BCUT2D eigenvalue weighted by molar-refractivity contribution is 5.77.